The summed E-state index contributed by atoms with van der Waals surface area (Å²) in [5.41, 5.74) is 0.359. The van der Waals surface area contributed by atoms with Crippen LogP contribution in [0.2, 0.25) is 0 Å². The number of nitrogens with one attached hydrogen (secondary N) is 1. The molecular formula is C15H15F2N3O3S. The molecule has 0 radical (unpaired) electrons. The first kappa shape index (κ1) is 16.6. The van der Waals surface area contributed by atoms with Crippen molar-refractivity contribution in [3.63, 3.8) is 0 Å². The number of nitrogens with zero attached hydrogens (tertiary/aromatic N) is 2. The number of fused-ring (bicyclic) bond motifs is 1. The van der Waals surface area contributed by atoms with Gasteiger partial charge < -0.3 is 19.4 Å². The first-order valence-electron chi connectivity index (χ1n) is 7.30. The highest BCUT2D eigenvalue weighted by Gasteiger charge is 2.43. The van der Waals surface area contributed by atoms with Crippen LogP contribution in [0.5, 0.6) is 11.5 Å². The van der Waals surface area contributed by atoms with Crippen molar-refractivity contribution in [2.45, 2.75) is 31.3 Å². The fourth-order valence-corrected chi connectivity index (χ4v) is 2.99. The topological polar surface area (TPSA) is 65.4 Å². The van der Waals surface area contributed by atoms with Gasteiger partial charge in [-0.1, -0.05) is 18.7 Å². The van der Waals surface area contributed by atoms with Crippen LogP contribution in [0.15, 0.2) is 35.7 Å². The Bertz CT molecular complexity index is 751. The van der Waals surface area contributed by atoms with Gasteiger partial charge in [0, 0.05) is 30.7 Å². The van der Waals surface area contributed by atoms with Crippen molar-refractivity contribution in [1.29, 1.82) is 0 Å². The van der Waals surface area contributed by atoms with Crippen LogP contribution in [0.25, 0.3) is 0 Å². The number of hydrogen-bond donors (Lipinski definition) is 1. The Morgan fingerprint density at radius 2 is 2.17 bits per heavy atom. The zero-order valence-corrected chi connectivity index (χ0v) is 13.6. The molecule has 0 bridgehead atoms. The molecule has 1 aliphatic rings. The Labute approximate surface area is 141 Å². The van der Waals surface area contributed by atoms with Crippen molar-refractivity contribution < 1.29 is 23.0 Å². The molecule has 1 amide bonds. The minimum absolute atomic E-state index is 0.0611. The molecule has 9 heteroatoms. The van der Waals surface area contributed by atoms with Gasteiger partial charge in [-0.15, -0.1) is 8.78 Å². The van der Waals surface area contributed by atoms with Gasteiger partial charge in [-0.05, 0) is 18.6 Å². The number of ether oxygens (including phenoxy) is 2. The lowest BCUT2D eigenvalue weighted by Crippen LogP contribution is -2.25. The van der Waals surface area contributed by atoms with E-state index >= 15 is 0 Å². The summed E-state index contributed by atoms with van der Waals surface area (Å²) in [6.45, 7) is 2.89. The van der Waals surface area contributed by atoms with Crippen LogP contribution in [0, 0.1) is 0 Å². The number of thioether (sulfide) groups is 1. The second-order valence-corrected chi connectivity index (χ2v) is 6.01. The number of imidazole rings is 1. The number of aromatic nitrogens is 2. The molecule has 0 saturated heterocycles. The zero-order valence-electron chi connectivity index (χ0n) is 12.8. The van der Waals surface area contributed by atoms with Gasteiger partial charge in [0.1, 0.15) is 0 Å². The van der Waals surface area contributed by atoms with Crippen LogP contribution in [-0.2, 0) is 11.3 Å². The lowest BCUT2D eigenvalue weighted by molar-refractivity contribution is -0.286. The first-order chi connectivity index (χ1) is 11.5. The summed E-state index contributed by atoms with van der Waals surface area (Å²) < 4.78 is 36.6. The van der Waals surface area contributed by atoms with E-state index in [1.807, 2.05) is 10.8 Å². The molecule has 3 rings (SSSR count). The second kappa shape index (κ2) is 6.68. The van der Waals surface area contributed by atoms with Crippen molar-refractivity contribution >= 4 is 23.4 Å². The van der Waals surface area contributed by atoms with Crippen LogP contribution in [-0.4, -0.2) is 27.5 Å². The highest BCUT2D eigenvalue weighted by molar-refractivity contribution is 7.99. The molecule has 0 atom stereocenters. The predicted octanol–water partition coefficient (Wildman–Crippen LogP) is 3.35. The molecule has 2 heterocycles. The highest BCUT2D eigenvalue weighted by atomic mass is 32.2. The van der Waals surface area contributed by atoms with E-state index in [1.54, 1.807) is 6.20 Å². The maximum atomic E-state index is 13.0. The van der Waals surface area contributed by atoms with E-state index in [0.29, 0.717) is 5.69 Å². The van der Waals surface area contributed by atoms with E-state index in [4.69, 9.17) is 0 Å². The van der Waals surface area contributed by atoms with Gasteiger partial charge in [0.25, 0.3) is 0 Å². The number of benzene rings is 1. The molecule has 1 aliphatic heterocycles. The van der Waals surface area contributed by atoms with E-state index in [-0.39, 0.29) is 23.2 Å². The molecule has 0 spiro atoms. The third-order valence-electron chi connectivity index (χ3n) is 3.16. The summed E-state index contributed by atoms with van der Waals surface area (Å²) in [7, 11) is 0. The Balaban J connectivity index is 1.57. The van der Waals surface area contributed by atoms with Gasteiger partial charge in [0.15, 0.2) is 16.7 Å². The van der Waals surface area contributed by atoms with Crippen LogP contribution in [0.3, 0.4) is 0 Å². The predicted molar refractivity (Wildman–Crippen MR) is 84.5 cm³/mol. The summed E-state index contributed by atoms with van der Waals surface area (Å²) in [6, 6.07) is 4.11. The standard InChI is InChI=1S/C15H15F2N3O3S/c1-2-6-20-7-5-18-14(20)24-9-13(21)19-10-3-4-11-12(8-10)23-15(16,17)22-11/h3-5,7-8H,2,6,9H2,1H3,(H,19,21). The number of alkyl halides is 2. The molecule has 128 valence electrons. The third kappa shape index (κ3) is 3.78. The molecule has 1 N–H and O–H groups in total. The number of anilines is 1. The molecule has 6 nitrogen and oxygen atoms in total. The Hall–Kier alpha value is -2.29. The van der Waals surface area contributed by atoms with Crippen molar-refractivity contribution in [3.05, 3.63) is 30.6 Å². The summed E-state index contributed by atoms with van der Waals surface area (Å²) >= 11 is 1.31. The van der Waals surface area contributed by atoms with Gasteiger partial charge in [0.2, 0.25) is 5.91 Å². The summed E-state index contributed by atoms with van der Waals surface area (Å²) in [5, 5.41) is 3.40. The van der Waals surface area contributed by atoms with E-state index in [0.717, 1.165) is 18.1 Å². The normalized spacial score (nSPS) is 14.6. The minimum Gasteiger partial charge on any atom is -0.395 e. The van der Waals surface area contributed by atoms with Crippen molar-refractivity contribution in [3.8, 4) is 11.5 Å². The average molecular weight is 355 g/mol. The molecule has 0 fully saturated rings. The maximum Gasteiger partial charge on any atom is 0.586 e. The van der Waals surface area contributed by atoms with Gasteiger partial charge in [-0.2, -0.15) is 0 Å². The van der Waals surface area contributed by atoms with Gasteiger partial charge in [-0.3, -0.25) is 4.79 Å². The lowest BCUT2D eigenvalue weighted by Gasteiger charge is -2.07. The van der Waals surface area contributed by atoms with E-state index in [2.05, 4.69) is 26.7 Å². The van der Waals surface area contributed by atoms with Crippen LogP contribution in [0.4, 0.5) is 14.5 Å². The maximum absolute atomic E-state index is 13.0. The largest absolute Gasteiger partial charge is 0.586 e. The Morgan fingerprint density at radius 3 is 2.96 bits per heavy atom. The van der Waals surface area contributed by atoms with Gasteiger partial charge >= 0.3 is 6.29 Å². The van der Waals surface area contributed by atoms with Crippen molar-refractivity contribution in [2.24, 2.45) is 0 Å². The Morgan fingerprint density at radius 1 is 1.38 bits per heavy atom. The fourth-order valence-electron chi connectivity index (χ4n) is 2.20. The summed E-state index contributed by atoms with van der Waals surface area (Å²) in [5.74, 6) is -0.278. The molecular weight excluding hydrogens is 340 g/mol. The quantitative estimate of drug-likeness (QED) is 0.805. The molecule has 2 aromatic rings. The summed E-state index contributed by atoms with van der Waals surface area (Å²) in [6.07, 6.45) is 0.852. The monoisotopic (exact) mass is 355 g/mol. The number of rotatable bonds is 6. The number of aryl methyl sites for hydroxylation is 1. The number of carbonyl (C=O) groups excluding carboxylic acids is 1. The smallest absolute Gasteiger partial charge is 0.395 e. The molecule has 0 saturated carbocycles. The number of halogens is 2. The fraction of sp³-hybridized carbons (Fsp3) is 0.333. The van der Waals surface area contributed by atoms with Crippen LogP contribution in [0.1, 0.15) is 13.3 Å². The van der Waals surface area contributed by atoms with E-state index in [9.17, 15) is 13.6 Å². The third-order valence-corrected chi connectivity index (χ3v) is 4.16. The lowest BCUT2D eigenvalue weighted by atomic mass is 10.3. The molecule has 24 heavy (non-hydrogen) atoms. The highest BCUT2D eigenvalue weighted by Crippen LogP contribution is 2.42. The zero-order chi connectivity index (χ0) is 17.2. The van der Waals surface area contributed by atoms with Gasteiger partial charge in [-0.25, -0.2) is 4.98 Å². The van der Waals surface area contributed by atoms with Crippen LogP contribution < -0.4 is 14.8 Å². The van der Waals surface area contributed by atoms with Gasteiger partial charge in [0.05, 0.1) is 5.75 Å². The summed E-state index contributed by atoms with van der Waals surface area (Å²) in [4.78, 5) is 16.2. The molecule has 1 aromatic carbocycles. The van der Waals surface area contributed by atoms with Crippen molar-refractivity contribution in [1.82, 2.24) is 9.55 Å². The first-order valence-corrected chi connectivity index (χ1v) is 8.29. The van der Waals surface area contributed by atoms with Crippen molar-refractivity contribution in [2.75, 3.05) is 11.1 Å². The Kier molecular flexibility index (Phi) is 4.61. The van der Waals surface area contributed by atoms with E-state index in [1.165, 1.54) is 30.0 Å². The molecule has 0 aliphatic carbocycles. The minimum atomic E-state index is -3.67. The van der Waals surface area contributed by atoms with Crippen LogP contribution >= 0.6 is 11.8 Å². The average Bonchev–Trinajstić information content (AvgIpc) is 3.07. The molecule has 1 aromatic heterocycles. The number of carbonyl (C=O) groups is 1. The second-order valence-electron chi connectivity index (χ2n) is 5.07. The SMILES string of the molecule is CCCn1ccnc1SCC(=O)Nc1ccc2c(c1)OC(F)(F)O2. The number of hydrogen-bond acceptors (Lipinski definition) is 5. The molecule has 0 unspecified atom stereocenters. The van der Waals surface area contributed by atoms with E-state index < -0.39 is 6.29 Å². The number of amides is 1.